The van der Waals surface area contributed by atoms with Gasteiger partial charge < -0.3 is 0 Å². The van der Waals surface area contributed by atoms with E-state index in [1.54, 1.807) is 10.8 Å². The van der Waals surface area contributed by atoms with Crippen molar-refractivity contribution >= 4 is 22.5 Å². The highest BCUT2D eigenvalue weighted by molar-refractivity contribution is 8.68. The van der Waals surface area contributed by atoms with E-state index in [2.05, 4.69) is 23.0 Å². The zero-order chi connectivity index (χ0) is 9.57. The van der Waals surface area contributed by atoms with Crippen molar-refractivity contribution in [2.24, 2.45) is 0 Å². The monoisotopic (exact) mass is 216 g/mol. The van der Waals surface area contributed by atoms with E-state index < -0.39 is 0 Å². The number of rotatable bonds is 5. The molecule has 2 nitrogen and oxygen atoms in total. The second-order valence-electron chi connectivity index (χ2n) is 3.51. The fraction of sp³-hybridized carbons (Fsp3) is 0.889. The number of nitrogens with one attached hydrogen (secondary N) is 1. The van der Waals surface area contributed by atoms with Gasteiger partial charge in [0.15, 0.2) is 0 Å². The molecule has 1 saturated carbocycles. The first kappa shape index (κ1) is 11.2. The molecule has 0 aromatic heterocycles. The number of nitrogens with zero attached hydrogens (tertiary/aromatic N) is 1. The maximum Gasteiger partial charge on any atom is 0.106 e. The summed E-state index contributed by atoms with van der Waals surface area (Å²) in [6.45, 7) is 0.946. The summed E-state index contributed by atoms with van der Waals surface area (Å²) in [5, 5.41) is 12.4. The Labute approximate surface area is 89.3 Å². The van der Waals surface area contributed by atoms with Crippen LogP contribution in [-0.4, -0.2) is 17.8 Å². The van der Waals surface area contributed by atoms with Crippen molar-refractivity contribution in [1.82, 2.24) is 5.32 Å². The van der Waals surface area contributed by atoms with Crippen molar-refractivity contribution in [2.45, 2.75) is 37.6 Å². The van der Waals surface area contributed by atoms with Gasteiger partial charge in [0, 0.05) is 5.75 Å². The van der Waals surface area contributed by atoms with E-state index in [1.165, 1.54) is 12.8 Å². The molecule has 0 aromatic carbocycles. The van der Waals surface area contributed by atoms with Gasteiger partial charge in [-0.2, -0.15) is 5.26 Å². The molecule has 4 heteroatoms. The summed E-state index contributed by atoms with van der Waals surface area (Å²) in [6.07, 6.45) is 5.54. The zero-order valence-electron chi connectivity index (χ0n) is 7.75. The van der Waals surface area contributed by atoms with Crippen LogP contribution in [0.1, 0.15) is 32.1 Å². The van der Waals surface area contributed by atoms with Gasteiger partial charge in [-0.1, -0.05) is 23.6 Å². The third kappa shape index (κ3) is 3.41. The van der Waals surface area contributed by atoms with Crippen LogP contribution in [0.4, 0.5) is 0 Å². The predicted octanol–water partition coefficient (Wildman–Crippen LogP) is 2.38. The van der Waals surface area contributed by atoms with Crippen LogP contribution in [0.25, 0.3) is 0 Å². The molecule has 0 spiro atoms. The third-order valence-electron chi connectivity index (χ3n) is 2.55. The SMILES string of the molecule is N#CC1(NCCCSS)CCCC1. The van der Waals surface area contributed by atoms with Crippen LogP contribution < -0.4 is 5.32 Å². The van der Waals surface area contributed by atoms with Gasteiger partial charge in [-0.25, -0.2) is 0 Å². The summed E-state index contributed by atoms with van der Waals surface area (Å²) in [5.41, 5.74) is -0.193. The molecule has 0 radical (unpaired) electrons. The van der Waals surface area contributed by atoms with Crippen LogP contribution in [-0.2, 0) is 0 Å². The van der Waals surface area contributed by atoms with Gasteiger partial charge in [0.05, 0.1) is 6.07 Å². The minimum atomic E-state index is -0.193. The Kier molecular flexibility index (Phi) is 5.00. The second kappa shape index (κ2) is 5.79. The summed E-state index contributed by atoms with van der Waals surface area (Å²) in [7, 11) is 1.56. The molecule has 13 heavy (non-hydrogen) atoms. The normalized spacial score (nSPS) is 20.0. The second-order valence-corrected chi connectivity index (χ2v) is 4.96. The first-order valence-electron chi connectivity index (χ1n) is 4.76. The topological polar surface area (TPSA) is 35.8 Å². The van der Waals surface area contributed by atoms with Gasteiger partial charge in [0.25, 0.3) is 0 Å². The van der Waals surface area contributed by atoms with E-state index in [1.807, 2.05) is 0 Å². The lowest BCUT2D eigenvalue weighted by Crippen LogP contribution is -2.41. The van der Waals surface area contributed by atoms with Crippen molar-refractivity contribution in [3.63, 3.8) is 0 Å². The minimum Gasteiger partial charge on any atom is -0.299 e. The molecule has 0 unspecified atom stereocenters. The van der Waals surface area contributed by atoms with Crippen LogP contribution in [0, 0.1) is 11.3 Å². The molecule has 0 aromatic rings. The average molecular weight is 216 g/mol. The van der Waals surface area contributed by atoms with Crippen LogP contribution in [0.3, 0.4) is 0 Å². The predicted molar refractivity (Wildman–Crippen MR) is 60.9 cm³/mol. The molecule has 1 aliphatic carbocycles. The Morgan fingerprint density at radius 1 is 1.46 bits per heavy atom. The molecule has 0 heterocycles. The van der Waals surface area contributed by atoms with Crippen molar-refractivity contribution in [1.29, 1.82) is 5.26 Å². The average Bonchev–Trinajstić information content (AvgIpc) is 2.62. The molecule has 1 rings (SSSR count). The highest BCUT2D eigenvalue weighted by atomic mass is 33.1. The summed E-state index contributed by atoms with van der Waals surface area (Å²) >= 11 is 4.07. The van der Waals surface area contributed by atoms with E-state index >= 15 is 0 Å². The Bertz CT molecular complexity index is 183. The van der Waals surface area contributed by atoms with Crippen LogP contribution in [0.5, 0.6) is 0 Å². The molecular weight excluding hydrogens is 200 g/mol. The first-order chi connectivity index (χ1) is 6.33. The molecule has 1 fully saturated rings. The van der Waals surface area contributed by atoms with Crippen LogP contribution >= 0.6 is 22.5 Å². The molecule has 0 atom stereocenters. The van der Waals surface area contributed by atoms with E-state index in [0.717, 1.165) is 31.6 Å². The van der Waals surface area contributed by atoms with Crippen molar-refractivity contribution in [2.75, 3.05) is 12.3 Å². The zero-order valence-corrected chi connectivity index (χ0v) is 9.46. The first-order valence-corrected chi connectivity index (χ1v) is 6.79. The van der Waals surface area contributed by atoms with Gasteiger partial charge in [0.2, 0.25) is 0 Å². The Hall–Kier alpha value is 0.150. The van der Waals surface area contributed by atoms with E-state index in [0.29, 0.717) is 0 Å². The highest BCUT2D eigenvalue weighted by Crippen LogP contribution is 2.28. The van der Waals surface area contributed by atoms with E-state index in [-0.39, 0.29) is 5.54 Å². The molecule has 74 valence electrons. The smallest absolute Gasteiger partial charge is 0.106 e. The Morgan fingerprint density at radius 2 is 2.15 bits per heavy atom. The summed E-state index contributed by atoms with van der Waals surface area (Å²) in [5.74, 6) is 1.05. The number of hydrogen-bond donors (Lipinski definition) is 2. The fourth-order valence-corrected chi connectivity index (χ4v) is 2.43. The molecule has 0 bridgehead atoms. The number of hydrogen-bond acceptors (Lipinski definition) is 4. The Balaban J connectivity index is 2.21. The van der Waals surface area contributed by atoms with Gasteiger partial charge in [-0.3, -0.25) is 5.32 Å². The largest absolute Gasteiger partial charge is 0.299 e. The molecule has 0 amide bonds. The van der Waals surface area contributed by atoms with E-state index in [9.17, 15) is 0 Å². The van der Waals surface area contributed by atoms with Gasteiger partial charge in [-0.15, -0.1) is 11.7 Å². The van der Waals surface area contributed by atoms with Gasteiger partial charge >= 0.3 is 0 Å². The minimum absolute atomic E-state index is 0.193. The van der Waals surface area contributed by atoms with Gasteiger partial charge in [-0.05, 0) is 25.8 Å². The molecule has 0 saturated heterocycles. The van der Waals surface area contributed by atoms with E-state index in [4.69, 9.17) is 5.26 Å². The lowest BCUT2D eigenvalue weighted by Gasteiger charge is -2.21. The van der Waals surface area contributed by atoms with Gasteiger partial charge in [0.1, 0.15) is 5.54 Å². The molecule has 0 aliphatic heterocycles. The van der Waals surface area contributed by atoms with Crippen molar-refractivity contribution in [3.8, 4) is 6.07 Å². The van der Waals surface area contributed by atoms with Crippen molar-refractivity contribution < 1.29 is 0 Å². The highest BCUT2D eigenvalue weighted by Gasteiger charge is 2.32. The lowest BCUT2D eigenvalue weighted by molar-refractivity contribution is 0.424. The summed E-state index contributed by atoms with van der Waals surface area (Å²) in [6, 6.07) is 2.42. The summed E-state index contributed by atoms with van der Waals surface area (Å²) in [4.78, 5) is 0. The standard InChI is InChI=1S/C9H16N2S2/c10-8-9(4-1-2-5-9)11-6-3-7-13-12/h11-12H,1-7H2. The summed E-state index contributed by atoms with van der Waals surface area (Å²) < 4.78 is 0. The lowest BCUT2D eigenvalue weighted by atomic mass is 10.00. The molecular formula is C9H16N2S2. The third-order valence-corrected chi connectivity index (χ3v) is 3.57. The number of nitriles is 1. The molecule has 1 N–H and O–H groups in total. The maximum atomic E-state index is 9.04. The van der Waals surface area contributed by atoms with Crippen LogP contribution in [0.2, 0.25) is 0 Å². The molecule has 1 aliphatic rings. The Morgan fingerprint density at radius 3 is 2.69 bits per heavy atom. The fourth-order valence-electron chi connectivity index (χ4n) is 1.77. The van der Waals surface area contributed by atoms with Crippen molar-refractivity contribution in [3.05, 3.63) is 0 Å². The quantitative estimate of drug-likeness (QED) is 0.421. The number of thiol groups is 1. The maximum absolute atomic E-state index is 9.04. The van der Waals surface area contributed by atoms with Crippen LogP contribution in [0.15, 0.2) is 0 Å².